The Bertz CT molecular complexity index is 1300. The monoisotopic (exact) mass is 437 g/mol. The van der Waals surface area contributed by atoms with Crippen molar-refractivity contribution in [1.29, 1.82) is 0 Å². The Kier molecular flexibility index (Phi) is 5.72. The van der Waals surface area contributed by atoms with Crippen LogP contribution in [0.4, 0.5) is 0 Å². The number of rotatable bonds is 6. The van der Waals surface area contributed by atoms with Crippen LogP contribution < -0.4 is 15.6 Å². The third kappa shape index (κ3) is 4.28. The van der Waals surface area contributed by atoms with Crippen LogP contribution in [0.3, 0.4) is 0 Å². The molecule has 1 aliphatic rings. The van der Waals surface area contributed by atoms with Crippen molar-refractivity contribution < 1.29 is 9.53 Å². The lowest BCUT2D eigenvalue weighted by atomic mass is 9.87. The summed E-state index contributed by atoms with van der Waals surface area (Å²) >= 11 is 0. The molecule has 0 atom stereocenters. The minimum Gasteiger partial charge on any atom is -0.457 e. The number of carbonyl (C=O) groups excluding carboxylic acids is 1. The molecule has 2 heterocycles. The van der Waals surface area contributed by atoms with E-state index in [2.05, 4.69) is 10.4 Å². The molecule has 0 spiro atoms. The number of hydrogen-bond donors (Lipinski definition) is 1. The number of carbonyl (C=O) groups is 1. The van der Waals surface area contributed by atoms with Crippen molar-refractivity contribution in [3.05, 3.63) is 112 Å². The number of ether oxygens (including phenoxy) is 1. The molecule has 164 valence electrons. The van der Waals surface area contributed by atoms with Gasteiger partial charge in [-0.15, -0.1) is 0 Å². The molecule has 5 rings (SSSR count). The van der Waals surface area contributed by atoms with Crippen molar-refractivity contribution in [3.63, 3.8) is 0 Å². The summed E-state index contributed by atoms with van der Waals surface area (Å²) in [7, 11) is 0. The largest absolute Gasteiger partial charge is 0.457 e. The van der Waals surface area contributed by atoms with Crippen LogP contribution in [0.15, 0.2) is 95.8 Å². The van der Waals surface area contributed by atoms with Gasteiger partial charge in [0.2, 0.25) is 5.91 Å². The summed E-state index contributed by atoms with van der Waals surface area (Å²) in [5.41, 5.74) is 3.24. The molecule has 6 nitrogen and oxygen atoms in total. The van der Waals surface area contributed by atoms with Crippen LogP contribution in [0.25, 0.3) is 11.3 Å². The third-order valence-electron chi connectivity index (χ3n) is 5.72. The molecule has 1 N–H and O–H groups in total. The molecule has 0 saturated heterocycles. The van der Waals surface area contributed by atoms with E-state index in [-0.39, 0.29) is 11.5 Å². The second-order valence-electron chi connectivity index (χ2n) is 7.90. The van der Waals surface area contributed by atoms with Gasteiger partial charge in [-0.2, -0.15) is 5.10 Å². The molecule has 0 radical (unpaired) electrons. The average molecular weight is 437 g/mol. The van der Waals surface area contributed by atoms with Gasteiger partial charge in [0.15, 0.2) is 0 Å². The molecule has 6 heteroatoms. The normalized spacial score (nSPS) is 12.4. The molecule has 3 aromatic carbocycles. The minimum atomic E-state index is -0.437. The van der Waals surface area contributed by atoms with E-state index in [1.807, 2.05) is 78.9 Å². The Hall–Kier alpha value is -4.19. The lowest BCUT2D eigenvalue weighted by Crippen LogP contribution is -2.33. The molecule has 1 aromatic heterocycles. The Labute approximate surface area is 191 Å². The lowest BCUT2D eigenvalue weighted by Gasteiger charge is -2.27. The van der Waals surface area contributed by atoms with Crippen molar-refractivity contribution in [2.24, 2.45) is 0 Å². The molecule has 0 bridgehead atoms. The first-order valence-corrected chi connectivity index (χ1v) is 11.0. The van der Waals surface area contributed by atoms with Crippen LogP contribution in [0, 0.1) is 0 Å². The number of hydrogen-bond acceptors (Lipinski definition) is 4. The molecular formula is C27H23N3O3. The summed E-state index contributed by atoms with van der Waals surface area (Å²) in [4.78, 5) is 25.4. The van der Waals surface area contributed by atoms with Crippen molar-refractivity contribution in [1.82, 2.24) is 15.1 Å². The van der Waals surface area contributed by atoms with Crippen molar-refractivity contribution >= 4 is 5.91 Å². The number of para-hydroxylation sites is 2. The number of amides is 1. The van der Waals surface area contributed by atoms with E-state index in [4.69, 9.17) is 4.74 Å². The van der Waals surface area contributed by atoms with E-state index in [0.717, 1.165) is 22.4 Å². The second kappa shape index (κ2) is 9.12. The van der Waals surface area contributed by atoms with Gasteiger partial charge in [-0.1, -0.05) is 66.7 Å². The molecule has 1 aliphatic heterocycles. The fourth-order valence-electron chi connectivity index (χ4n) is 4.11. The van der Waals surface area contributed by atoms with Crippen LogP contribution in [-0.2, 0) is 11.3 Å². The summed E-state index contributed by atoms with van der Waals surface area (Å²) in [6, 6.07) is 28.2. The van der Waals surface area contributed by atoms with Crippen molar-refractivity contribution in [3.8, 4) is 22.8 Å². The Morgan fingerprint density at radius 3 is 2.18 bits per heavy atom. The number of nitrogens with zero attached hydrogens (tertiary/aromatic N) is 2. The second-order valence-corrected chi connectivity index (χ2v) is 7.90. The van der Waals surface area contributed by atoms with Gasteiger partial charge in [0.1, 0.15) is 11.5 Å². The third-order valence-corrected chi connectivity index (χ3v) is 5.72. The van der Waals surface area contributed by atoms with E-state index < -0.39 is 5.92 Å². The first-order valence-electron chi connectivity index (χ1n) is 11.0. The topological polar surface area (TPSA) is 73.2 Å². The standard InChI is InChI=1S/C27H23N3O3/c31-25-16-15-22(19-9-2-1-3-10-19)29-30(25)18-8-17-28-27(32)26-20-11-4-6-13-23(20)33-24-14-7-5-12-21(24)26/h1-7,9-16,26H,8,17-18H2,(H,28,32). The average Bonchev–Trinajstić information content (AvgIpc) is 2.86. The summed E-state index contributed by atoms with van der Waals surface area (Å²) in [6.07, 6.45) is 0.587. The quantitative estimate of drug-likeness (QED) is 0.455. The minimum absolute atomic E-state index is 0.0865. The highest BCUT2D eigenvalue weighted by molar-refractivity contribution is 5.89. The molecule has 0 aliphatic carbocycles. The molecule has 0 saturated carbocycles. The van der Waals surface area contributed by atoms with E-state index in [1.54, 1.807) is 6.07 Å². The van der Waals surface area contributed by atoms with Crippen LogP contribution in [-0.4, -0.2) is 22.2 Å². The van der Waals surface area contributed by atoms with Gasteiger partial charge in [0.05, 0.1) is 11.6 Å². The van der Waals surface area contributed by atoms with E-state index in [9.17, 15) is 9.59 Å². The van der Waals surface area contributed by atoms with E-state index in [1.165, 1.54) is 10.7 Å². The van der Waals surface area contributed by atoms with Gasteiger partial charge >= 0.3 is 0 Å². The molecule has 1 amide bonds. The van der Waals surface area contributed by atoms with Crippen LogP contribution in [0.1, 0.15) is 23.5 Å². The van der Waals surface area contributed by atoms with Crippen LogP contribution in [0.2, 0.25) is 0 Å². The number of benzene rings is 3. The lowest BCUT2D eigenvalue weighted by molar-refractivity contribution is -0.121. The summed E-state index contributed by atoms with van der Waals surface area (Å²) in [5.74, 6) is 0.875. The van der Waals surface area contributed by atoms with E-state index >= 15 is 0 Å². The molecule has 0 fully saturated rings. The molecule has 0 unspecified atom stereocenters. The summed E-state index contributed by atoms with van der Waals surface area (Å²) < 4.78 is 7.43. The summed E-state index contributed by atoms with van der Waals surface area (Å²) in [5, 5.41) is 7.52. The van der Waals surface area contributed by atoms with Gasteiger partial charge in [-0.25, -0.2) is 4.68 Å². The zero-order valence-electron chi connectivity index (χ0n) is 18.0. The zero-order valence-corrected chi connectivity index (χ0v) is 18.0. The number of aryl methyl sites for hydroxylation is 1. The van der Waals surface area contributed by atoms with Gasteiger partial charge < -0.3 is 10.1 Å². The number of nitrogens with one attached hydrogen (secondary N) is 1. The van der Waals surface area contributed by atoms with E-state index in [0.29, 0.717) is 31.0 Å². The van der Waals surface area contributed by atoms with Gasteiger partial charge in [0.25, 0.3) is 5.56 Å². The first-order chi connectivity index (χ1) is 16.2. The maximum atomic E-state index is 13.2. The highest BCUT2D eigenvalue weighted by Crippen LogP contribution is 2.43. The Morgan fingerprint density at radius 2 is 1.48 bits per heavy atom. The maximum absolute atomic E-state index is 13.2. The van der Waals surface area contributed by atoms with Gasteiger partial charge in [-0.05, 0) is 24.6 Å². The van der Waals surface area contributed by atoms with Crippen molar-refractivity contribution in [2.75, 3.05) is 6.54 Å². The fourth-order valence-corrected chi connectivity index (χ4v) is 4.11. The van der Waals surface area contributed by atoms with Crippen LogP contribution >= 0.6 is 0 Å². The highest BCUT2D eigenvalue weighted by Gasteiger charge is 2.32. The van der Waals surface area contributed by atoms with Crippen LogP contribution in [0.5, 0.6) is 11.5 Å². The molecule has 4 aromatic rings. The number of fused-ring (bicyclic) bond motifs is 2. The van der Waals surface area contributed by atoms with Gasteiger partial charge in [-0.3, -0.25) is 9.59 Å². The van der Waals surface area contributed by atoms with Gasteiger partial charge in [0, 0.05) is 35.8 Å². The number of aromatic nitrogens is 2. The predicted molar refractivity (Wildman–Crippen MR) is 126 cm³/mol. The van der Waals surface area contributed by atoms with Crippen molar-refractivity contribution in [2.45, 2.75) is 18.9 Å². The fraction of sp³-hybridized carbons (Fsp3) is 0.148. The maximum Gasteiger partial charge on any atom is 0.266 e. The Balaban J connectivity index is 1.27. The molecular weight excluding hydrogens is 414 g/mol. The zero-order chi connectivity index (χ0) is 22.6. The smallest absolute Gasteiger partial charge is 0.266 e. The molecule has 33 heavy (non-hydrogen) atoms. The summed E-state index contributed by atoms with van der Waals surface area (Å²) in [6.45, 7) is 0.852. The Morgan fingerprint density at radius 1 is 0.848 bits per heavy atom. The highest BCUT2D eigenvalue weighted by atomic mass is 16.5. The predicted octanol–water partition coefficient (Wildman–Crippen LogP) is 4.35. The first kappa shape index (κ1) is 20.7. The SMILES string of the molecule is O=C(NCCCn1nc(-c2ccccc2)ccc1=O)C1c2ccccc2Oc2ccccc21.